The van der Waals surface area contributed by atoms with Crippen LogP contribution in [0, 0.1) is 5.41 Å². The summed E-state index contributed by atoms with van der Waals surface area (Å²) >= 11 is 0. The predicted molar refractivity (Wildman–Crippen MR) is 91.8 cm³/mol. The second-order valence-corrected chi connectivity index (χ2v) is 7.66. The summed E-state index contributed by atoms with van der Waals surface area (Å²) in [5.74, 6) is 0. The summed E-state index contributed by atoms with van der Waals surface area (Å²) in [6, 6.07) is 0.713. The van der Waals surface area contributed by atoms with Crippen molar-refractivity contribution in [2.24, 2.45) is 5.41 Å². The number of nitrogens with one attached hydrogen (secondary N) is 1. The van der Waals surface area contributed by atoms with Crippen molar-refractivity contribution in [2.45, 2.75) is 64.8 Å². The first-order valence-corrected chi connectivity index (χ1v) is 9.28. The second-order valence-electron chi connectivity index (χ2n) is 7.66. The van der Waals surface area contributed by atoms with Gasteiger partial charge in [0.15, 0.2) is 0 Å². The average molecular weight is 296 g/mol. The highest BCUT2D eigenvalue weighted by atomic mass is 15.3. The Morgan fingerprint density at radius 1 is 1.10 bits per heavy atom. The summed E-state index contributed by atoms with van der Waals surface area (Å²) in [6.45, 7) is 12.1. The fourth-order valence-electron chi connectivity index (χ4n) is 4.14. The van der Waals surface area contributed by atoms with Gasteiger partial charge in [-0.1, -0.05) is 32.6 Å². The SMILES string of the molecule is CCCNCC1(CN2CCN(C)C(C)C2)CCCCCC1. The Labute approximate surface area is 132 Å². The number of nitrogens with zero attached hydrogens (tertiary/aromatic N) is 2. The molecule has 0 aromatic carbocycles. The zero-order valence-electron chi connectivity index (χ0n) is 14.7. The minimum Gasteiger partial charge on any atom is -0.316 e. The molecule has 1 unspecified atom stereocenters. The summed E-state index contributed by atoms with van der Waals surface area (Å²) < 4.78 is 0. The molecular formula is C18H37N3. The molecule has 2 aliphatic rings. The quantitative estimate of drug-likeness (QED) is 0.600. The van der Waals surface area contributed by atoms with Gasteiger partial charge in [-0.15, -0.1) is 0 Å². The topological polar surface area (TPSA) is 18.5 Å². The number of likely N-dealkylation sites (N-methyl/N-ethyl adjacent to an activating group) is 1. The Bertz CT molecular complexity index is 284. The van der Waals surface area contributed by atoms with Crippen LogP contribution in [0.2, 0.25) is 0 Å². The Morgan fingerprint density at radius 3 is 2.43 bits per heavy atom. The van der Waals surface area contributed by atoms with Crippen molar-refractivity contribution in [3.05, 3.63) is 0 Å². The van der Waals surface area contributed by atoms with Crippen LogP contribution >= 0.6 is 0 Å². The van der Waals surface area contributed by atoms with Gasteiger partial charge in [0.25, 0.3) is 0 Å². The smallest absolute Gasteiger partial charge is 0.0192 e. The first kappa shape index (κ1) is 17.2. The third-order valence-corrected chi connectivity index (χ3v) is 5.69. The zero-order chi connectivity index (χ0) is 15.1. The Balaban J connectivity index is 1.94. The molecule has 0 spiro atoms. The van der Waals surface area contributed by atoms with E-state index in [1.165, 1.54) is 84.2 Å². The van der Waals surface area contributed by atoms with E-state index in [4.69, 9.17) is 0 Å². The Morgan fingerprint density at radius 2 is 1.81 bits per heavy atom. The molecule has 1 atom stereocenters. The summed E-state index contributed by atoms with van der Waals surface area (Å²) in [7, 11) is 2.27. The van der Waals surface area contributed by atoms with Crippen LogP contribution in [0.5, 0.6) is 0 Å². The summed E-state index contributed by atoms with van der Waals surface area (Å²) in [5.41, 5.74) is 0.543. The van der Waals surface area contributed by atoms with Crippen molar-refractivity contribution >= 4 is 0 Å². The van der Waals surface area contributed by atoms with Crippen LogP contribution in [-0.2, 0) is 0 Å². The molecule has 3 heteroatoms. The van der Waals surface area contributed by atoms with Gasteiger partial charge >= 0.3 is 0 Å². The summed E-state index contributed by atoms with van der Waals surface area (Å²) in [5, 5.41) is 3.75. The predicted octanol–water partition coefficient (Wildman–Crippen LogP) is 2.96. The molecule has 0 aromatic heterocycles. The molecule has 0 aromatic rings. The van der Waals surface area contributed by atoms with E-state index in [-0.39, 0.29) is 0 Å². The third kappa shape index (κ3) is 5.22. The van der Waals surface area contributed by atoms with Gasteiger partial charge in [0, 0.05) is 38.8 Å². The largest absolute Gasteiger partial charge is 0.316 e. The highest BCUT2D eigenvalue weighted by molar-refractivity contribution is 4.89. The maximum absolute atomic E-state index is 3.75. The molecule has 21 heavy (non-hydrogen) atoms. The van der Waals surface area contributed by atoms with Gasteiger partial charge in [-0.3, -0.25) is 4.90 Å². The minimum absolute atomic E-state index is 0.543. The number of piperazine rings is 1. The number of hydrogen-bond donors (Lipinski definition) is 1. The van der Waals surface area contributed by atoms with Crippen molar-refractivity contribution in [3.63, 3.8) is 0 Å². The van der Waals surface area contributed by atoms with Gasteiger partial charge in [0.05, 0.1) is 0 Å². The molecule has 1 saturated heterocycles. The zero-order valence-corrected chi connectivity index (χ0v) is 14.7. The van der Waals surface area contributed by atoms with Gasteiger partial charge in [-0.05, 0) is 45.2 Å². The van der Waals surface area contributed by atoms with E-state index in [1.807, 2.05) is 0 Å². The lowest BCUT2D eigenvalue weighted by Gasteiger charge is -2.43. The first-order valence-electron chi connectivity index (χ1n) is 9.28. The maximum Gasteiger partial charge on any atom is 0.0192 e. The number of hydrogen-bond acceptors (Lipinski definition) is 3. The summed E-state index contributed by atoms with van der Waals surface area (Å²) in [4.78, 5) is 5.26. The van der Waals surface area contributed by atoms with Crippen molar-refractivity contribution < 1.29 is 0 Å². The Kier molecular flexibility index (Phi) is 6.97. The van der Waals surface area contributed by atoms with E-state index >= 15 is 0 Å². The lowest BCUT2D eigenvalue weighted by Crippen LogP contribution is -2.54. The molecule has 1 aliphatic heterocycles. The van der Waals surface area contributed by atoms with E-state index in [9.17, 15) is 0 Å². The molecule has 1 saturated carbocycles. The standard InChI is InChI=1S/C18H37N3/c1-4-11-19-15-18(9-7-5-6-8-10-18)16-21-13-12-20(3)17(2)14-21/h17,19H,4-16H2,1-3H3. The van der Waals surface area contributed by atoms with Crippen LogP contribution in [-0.4, -0.2) is 62.2 Å². The molecule has 3 nitrogen and oxygen atoms in total. The van der Waals surface area contributed by atoms with Crippen LogP contribution < -0.4 is 5.32 Å². The molecule has 124 valence electrons. The van der Waals surface area contributed by atoms with Crippen molar-refractivity contribution in [3.8, 4) is 0 Å². The van der Waals surface area contributed by atoms with E-state index < -0.39 is 0 Å². The van der Waals surface area contributed by atoms with Crippen molar-refractivity contribution in [1.29, 1.82) is 0 Å². The molecular weight excluding hydrogens is 258 g/mol. The van der Waals surface area contributed by atoms with Crippen molar-refractivity contribution in [1.82, 2.24) is 15.1 Å². The molecule has 0 amide bonds. The van der Waals surface area contributed by atoms with Gasteiger partial charge in [0.1, 0.15) is 0 Å². The van der Waals surface area contributed by atoms with Gasteiger partial charge in [-0.2, -0.15) is 0 Å². The highest BCUT2D eigenvalue weighted by Crippen LogP contribution is 2.36. The van der Waals surface area contributed by atoms with Crippen LogP contribution in [0.4, 0.5) is 0 Å². The lowest BCUT2D eigenvalue weighted by atomic mass is 9.79. The van der Waals surface area contributed by atoms with E-state index in [1.54, 1.807) is 0 Å². The molecule has 1 aliphatic carbocycles. The molecule has 1 N–H and O–H groups in total. The fourth-order valence-corrected chi connectivity index (χ4v) is 4.14. The molecule has 0 radical (unpaired) electrons. The molecule has 2 fully saturated rings. The van der Waals surface area contributed by atoms with Gasteiger partial charge in [0.2, 0.25) is 0 Å². The van der Waals surface area contributed by atoms with Crippen LogP contribution in [0.15, 0.2) is 0 Å². The molecule has 2 rings (SSSR count). The monoisotopic (exact) mass is 295 g/mol. The Hall–Kier alpha value is -0.120. The third-order valence-electron chi connectivity index (χ3n) is 5.69. The second kappa shape index (κ2) is 8.50. The van der Waals surface area contributed by atoms with E-state index in [0.717, 1.165) is 0 Å². The van der Waals surface area contributed by atoms with Crippen molar-refractivity contribution in [2.75, 3.05) is 46.3 Å². The molecule has 1 heterocycles. The van der Waals surface area contributed by atoms with E-state index in [2.05, 4.69) is 36.0 Å². The van der Waals surface area contributed by atoms with Gasteiger partial charge < -0.3 is 10.2 Å². The highest BCUT2D eigenvalue weighted by Gasteiger charge is 2.34. The normalized spacial score (nSPS) is 28.4. The van der Waals surface area contributed by atoms with Crippen LogP contribution in [0.1, 0.15) is 58.8 Å². The van der Waals surface area contributed by atoms with Gasteiger partial charge in [-0.25, -0.2) is 0 Å². The number of rotatable bonds is 6. The maximum atomic E-state index is 3.75. The summed E-state index contributed by atoms with van der Waals surface area (Å²) in [6.07, 6.45) is 9.91. The first-order chi connectivity index (χ1) is 10.2. The minimum atomic E-state index is 0.543. The molecule has 0 bridgehead atoms. The lowest BCUT2D eigenvalue weighted by molar-refractivity contribution is 0.0569. The fraction of sp³-hybridized carbons (Fsp3) is 1.00. The van der Waals surface area contributed by atoms with Crippen LogP contribution in [0.3, 0.4) is 0 Å². The average Bonchev–Trinajstić information content (AvgIpc) is 2.69. The van der Waals surface area contributed by atoms with Crippen LogP contribution in [0.25, 0.3) is 0 Å². The van der Waals surface area contributed by atoms with E-state index in [0.29, 0.717) is 11.5 Å².